The molecule has 2 aromatic carbocycles. The Balaban J connectivity index is 1.70. The van der Waals surface area contributed by atoms with Crippen molar-refractivity contribution in [2.24, 2.45) is 0 Å². The molecule has 0 unspecified atom stereocenters. The van der Waals surface area contributed by atoms with Crippen LogP contribution < -0.4 is 10.6 Å². The SMILES string of the molecule is C[C@@H](CCc1cccc(F)c1)NC(=O)CNC(=O)c1ccccc1. The molecule has 24 heavy (non-hydrogen) atoms. The van der Waals surface area contributed by atoms with E-state index in [4.69, 9.17) is 0 Å². The van der Waals surface area contributed by atoms with E-state index in [-0.39, 0.29) is 30.2 Å². The fourth-order valence-electron chi connectivity index (χ4n) is 2.33. The smallest absolute Gasteiger partial charge is 0.251 e. The zero-order chi connectivity index (χ0) is 17.4. The van der Waals surface area contributed by atoms with Crippen molar-refractivity contribution in [2.75, 3.05) is 6.54 Å². The van der Waals surface area contributed by atoms with Crippen molar-refractivity contribution < 1.29 is 14.0 Å². The summed E-state index contributed by atoms with van der Waals surface area (Å²) in [6.07, 6.45) is 1.37. The Kier molecular flexibility index (Phi) is 6.49. The lowest BCUT2D eigenvalue weighted by Crippen LogP contribution is -2.41. The molecule has 0 fully saturated rings. The molecule has 0 saturated carbocycles. The van der Waals surface area contributed by atoms with Crippen molar-refractivity contribution in [1.82, 2.24) is 10.6 Å². The van der Waals surface area contributed by atoms with Crippen LogP contribution in [0.4, 0.5) is 4.39 Å². The van der Waals surface area contributed by atoms with Crippen LogP contribution in [0.1, 0.15) is 29.3 Å². The van der Waals surface area contributed by atoms with E-state index < -0.39 is 0 Å². The number of amides is 2. The van der Waals surface area contributed by atoms with Crippen LogP contribution in [0.5, 0.6) is 0 Å². The van der Waals surface area contributed by atoms with Crippen LogP contribution in [0, 0.1) is 5.82 Å². The zero-order valence-electron chi connectivity index (χ0n) is 13.6. The minimum Gasteiger partial charge on any atom is -0.352 e. The second-order valence-electron chi connectivity index (χ2n) is 5.69. The Morgan fingerprint density at radius 1 is 1.08 bits per heavy atom. The standard InChI is InChI=1S/C19H21FN2O2/c1-14(10-11-15-6-5-9-17(20)12-15)22-18(23)13-21-19(24)16-7-3-2-4-8-16/h2-9,12,14H,10-11,13H2,1H3,(H,21,24)(H,22,23)/t14-/m0/s1. The predicted octanol–water partition coefficient (Wildman–Crippen LogP) is 2.69. The lowest BCUT2D eigenvalue weighted by molar-refractivity contribution is -0.120. The van der Waals surface area contributed by atoms with Crippen molar-refractivity contribution in [3.05, 3.63) is 71.5 Å². The van der Waals surface area contributed by atoms with E-state index in [2.05, 4.69) is 10.6 Å². The van der Waals surface area contributed by atoms with Gasteiger partial charge in [-0.1, -0.05) is 30.3 Å². The van der Waals surface area contributed by atoms with E-state index in [0.29, 0.717) is 18.4 Å². The first-order chi connectivity index (χ1) is 11.5. The minimum atomic E-state index is -0.279. The van der Waals surface area contributed by atoms with Gasteiger partial charge in [0.25, 0.3) is 5.91 Å². The van der Waals surface area contributed by atoms with Gasteiger partial charge in [-0.15, -0.1) is 0 Å². The summed E-state index contributed by atoms with van der Waals surface area (Å²) in [6, 6.07) is 15.1. The molecule has 0 aliphatic carbocycles. The van der Waals surface area contributed by atoms with Gasteiger partial charge in [-0.3, -0.25) is 9.59 Å². The van der Waals surface area contributed by atoms with E-state index in [9.17, 15) is 14.0 Å². The average molecular weight is 328 g/mol. The molecule has 0 spiro atoms. The summed E-state index contributed by atoms with van der Waals surface area (Å²) in [5, 5.41) is 5.41. The van der Waals surface area contributed by atoms with Crippen LogP contribution >= 0.6 is 0 Å². The molecule has 0 saturated heterocycles. The van der Waals surface area contributed by atoms with Gasteiger partial charge in [0.15, 0.2) is 0 Å². The van der Waals surface area contributed by atoms with Crippen LogP contribution in [0.25, 0.3) is 0 Å². The van der Waals surface area contributed by atoms with Crippen LogP contribution in [-0.2, 0) is 11.2 Å². The number of halogens is 1. The molecule has 2 amide bonds. The summed E-state index contributed by atoms with van der Waals surface area (Å²) < 4.78 is 13.1. The molecular formula is C19H21FN2O2. The second-order valence-corrected chi connectivity index (χ2v) is 5.69. The van der Waals surface area contributed by atoms with E-state index in [1.165, 1.54) is 12.1 Å². The fourth-order valence-corrected chi connectivity index (χ4v) is 2.33. The summed E-state index contributed by atoms with van der Waals surface area (Å²) in [4.78, 5) is 23.7. The van der Waals surface area contributed by atoms with Gasteiger partial charge >= 0.3 is 0 Å². The Morgan fingerprint density at radius 3 is 2.54 bits per heavy atom. The van der Waals surface area contributed by atoms with Gasteiger partial charge in [-0.2, -0.15) is 0 Å². The largest absolute Gasteiger partial charge is 0.352 e. The quantitative estimate of drug-likeness (QED) is 0.821. The van der Waals surface area contributed by atoms with Gasteiger partial charge in [0, 0.05) is 11.6 Å². The number of hydrogen-bond acceptors (Lipinski definition) is 2. The summed E-state index contributed by atoms with van der Waals surface area (Å²) in [7, 11) is 0. The fraction of sp³-hybridized carbons (Fsp3) is 0.263. The van der Waals surface area contributed by atoms with Gasteiger partial charge in [0.2, 0.25) is 5.91 Å². The Labute approximate surface area is 141 Å². The third-order valence-electron chi connectivity index (χ3n) is 3.61. The number of carbonyl (C=O) groups excluding carboxylic acids is 2. The maximum absolute atomic E-state index is 13.1. The normalized spacial score (nSPS) is 11.6. The molecular weight excluding hydrogens is 307 g/mol. The van der Waals surface area contributed by atoms with E-state index >= 15 is 0 Å². The van der Waals surface area contributed by atoms with Crippen molar-refractivity contribution in [1.29, 1.82) is 0 Å². The molecule has 126 valence electrons. The molecule has 4 nitrogen and oxygen atoms in total. The highest BCUT2D eigenvalue weighted by Gasteiger charge is 2.10. The van der Waals surface area contributed by atoms with E-state index in [1.54, 1.807) is 30.3 Å². The topological polar surface area (TPSA) is 58.2 Å². The minimum absolute atomic E-state index is 0.0607. The molecule has 0 radical (unpaired) electrons. The maximum Gasteiger partial charge on any atom is 0.251 e. The first-order valence-electron chi connectivity index (χ1n) is 7.91. The Bertz CT molecular complexity index is 689. The first kappa shape index (κ1) is 17.7. The van der Waals surface area contributed by atoms with Gasteiger partial charge in [-0.05, 0) is 49.6 Å². The number of rotatable bonds is 7. The molecule has 2 aromatic rings. The van der Waals surface area contributed by atoms with Gasteiger partial charge < -0.3 is 10.6 Å². The monoisotopic (exact) mass is 328 g/mol. The zero-order valence-corrected chi connectivity index (χ0v) is 13.6. The van der Waals surface area contributed by atoms with Crippen molar-refractivity contribution in [3.63, 3.8) is 0 Å². The van der Waals surface area contributed by atoms with Gasteiger partial charge in [0.05, 0.1) is 6.54 Å². The van der Waals surface area contributed by atoms with Gasteiger partial charge in [0.1, 0.15) is 5.82 Å². The number of aryl methyl sites for hydroxylation is 1. The molecule has 0 bridgehead atoms. The highest BCUT2D eigenvalue weighted by Crippen LogP contribution is 2.07. The summed E-state index contributed by atoms with van der Waals surface area (Å²) in [5.74, 6) is -0.781. The van der Waals surface area contributed by atoms with Crippen LogP contribution in [-0.4, -0.2) is 24.4 Å². The number of hydrogen-bond donors (Lipinski definition) is 2. The van der Waals surface area contributed by atoms with Gasteiger partial charge in [-0.25, -0.2) is 4.39 Å². The number of benzene rings is 2. The third-order valence-corrected chi connectivity index (χ3v) is 3.61. The van der Waals surface area contributed by atoms with E-state index in [0.717, 1.165) is 5.56 Å². The van der Waals surface area contributed by atoms with Crippen LogP contribution in [0.2, 0.25) is 0 Å². The summed E-state index contributed by atoms with van der Waals surface area (Å²) in [5.41, 5.74) is 1.41. The van der Waals surface area contributed by atoms with Crippen molar-refractivity contribution in [3.8, 4) is 0 Å². The van der Waals surface area contributed by atoms with Crippen molar-refractivity contribution in [2.45, 2.75) is 25.8 Å². The van der Waals surface area contributed by atoms with E-state index in [1.807, 2.05) is 19.1 Å². The Morgan fingerprint density at radius 2 is 1.83 bits per heavy atom. The molecule has 0 heterocycles. The van der Waals surface area contributed by atoms with Crippen LogP contribution in [0.15, 0.2) is 54.6 Å². The predicted molar refractivity (Wildman–Crippen MR) is 91.1 cm³/mol. The number of nitrogens with one attached hydrogen (secondary N) is 2. The summed E-state index contributed by atoms with van der Waals surface area (Å²) >= 11 is 0. The molecule has 0 aliphatic heterocycles. The second kappa shape index (κ2) is 8.82. The lowest BCUT2D eigenvalue weighted by atomic mass is 10.1. The lowest BCUT2D eigenvalue weighted by Gasteiger charge is -2.14. The molecule has 1 atom stereocenters. The Hall–Kier alpha value is -2.69. The number of carbonyl (C=O) groups is 2. The summed E-state index contributed by atoms with van der Waals surface area (Å²) in [6.45, 7) is 1.81. The third kappa shape index (κ3) is 5.83. The average Bonchev–Trinajstić information content (AvgIpc) is 2.59. The molecule has 2 rings (SSSR count). The molecule has 5 heteroatoms. The first-order valence-corrected chi connectivity index (χ1v) is 7.91. The molecule has 2 N–H and O–H groups in total. The van der Waals surface area contributed by atoms with Crippen LogP contribution in [0.3, 0.4) is 0 Å². The maximum atomic E-state index is 13.1. The molecule has 0 aliphatic rings. The highest BCUT2D eigenvalue weighted by molar-refractivity contribution is 5.96. The van der Waals surface area contributed by atoms with Crippen molar-refractivity contribution >= 4 is 11.8 Å². The highest BCUT2D eigenvalue weighted by atomic mass is 19.1. The molecule has 0 aromatic heterocycles.